The normalized spacial score (nSPS) is 16.5. The van der Waals surface area contributed by atoms with Crippen molar-refractivity contribution in [1.29, 1.82) is 5.26 Å². The molecule has 1 aliphatic heterocycles. The van der Waals surface area contributed by atoms with Crippen LogP contribution in [0.15, 0.2) is 64.5 Å². The van der Waals surface area contributed by atoms with Gasteiger partial charge in [-0.15, -0.1) is 35.7 Å². The van der Waals surface area contributed by atoms with Crippen LogP contribution in [0.2, 0.25) is 0 Å². The van der Waals surface area contributed by atoms with E-state index in [2.05, 4.69) is 51.6 Å². The summed E-state index contributed by atoms with van der Waals surface area (Å²) in [6.45, 7) is 2.82. The standard InChI is InChI=1S/C21H24N4S.HI/c1-23-21(24-14-18-9-7-17(13-22)8-10-18)25-12-11-19(15-25)16-26-20-5-3-2-4-6-20;/h2-10,19H,11-12,14-16H2,1H3,(H,23,24);1H. The van der Waals surface area contributed by atoms with Crippen LogP contribution in [0.25, 0.3) is 0 Å². The van der Waals surface area contributed by atoms with E-state index in [9.17, 15) is 0 Å². The second-order valence-corrected chi connectivity index (χ2v) is 7.53. The Kier molecular flexibility index (Phi) is 8.95. The van der Waals surface area contributed by atoms with Crippen LogP contribution in [0.5, 0.6) is 0 Å². The van der Waals surface area contributed by atoms with E-state index < -0.39 is 0 Å². The molecular weight excluding hydrogens is 467 g/mol. The molecule has 1 saturated heterocycles. The highest BCUT2D eigenvalue weighted by molar-refractivity contribution is 14.0. The first kappa shape index (κ1) is 21.6. The van der Waals surface area contributed by atoms with Gasteiger partial charge in [-0.25, -0.2) is 0 Å². The number of hydrogen-bond acceptors (Lipinski definition) is 3. The summed E-state index contributed by atoms with van der Waals surface area (Å²) >= 11 is 1.94. The van der Waals surface area contributed by atoms with Crippen LogP contribution in [0.1, 0.15) is 17.5 Å². The molecule has 6 heteroatoms. The molecule has 1 N–H and O–H groups in total. The number of benzene rings is 2. The molecule has 1 aliphatic rings. The molecule has 0 saturated carbocycles. The molecule has 1 fully saturated rings. The van der Waals surface area contributed by atoms with Crippen molar-refractivity contribution >= 4 is 41.7 Å². The Morgan fingerprint density at radius 2 is 1.96 bits per heavy atom. The van der Waals surface area contributed by atoms with Gasteiger partial charge in [0.05, 0.1) is 11.6 Å². The van der Waals surface area contributed by atoms with E-state index in [-0.39, 0.29) is 24.0 Å². The van der Waals surface area contributed by atoms with Gasteiger partial charge in [-0.05, 0) is 42.2 Å². The zero-order valence-corrected chi connectivity index (χ0v) is 18.6. The largest absolute Gasteiger partial charge is 0.352 e. The van der Waals surface area contributed by atoms with Gasteiger partial charge in [-0.3, -0.25) is 4.99 Å². The van der Waals surface area contributed by atoms with E-state index in [1.807, 2.05) is 43.1 Å². The van der Waals surface area contributed by atoms with Crippen LogP contribution in [0.4, 0.5) is 0 Å². The Bertz CT molecular complexity index is 771. The molecule has 2 aromatic carbocycles. The topological polar surface area (TPSA) is 51.4 Å². The fourth-order valence-electron chi connectivity index (χ4n) is 3.10. The van der Waals surface area contributed by atoms with E-state index in [1.165, 1.54) is 11.3 Å². The molecule has 3 rings (SSSR count). The fraction of sp³-hybridized carbons (Fsp3) is 0.333. The molecule has 0 aromatic heterocycles. The molecule has 0 radical (unpaired) electrons. The smallest absolute Gasteiger partial charge is 0.193 e. The second kappa shape index (κ2) is 11.2. The van der Waals surface area contributed by atoms with Crippen LogP contribution in [0.3, 0.4) is 0 Å². The number of thioether (sulfide) groups is 1. The summed E-state index contributed by atoms with van der Waals surface area (Å²) < 4.78 is 0. The van der Waals surface area contributed by atoms with E-state index in [4.69, 9.17) is 5.26 Å². The van der Waals surface area contributed by atoms with E-state index in [0.29, 0.717) is 11.5 Å². The third-order valence-electron chi connectivity index (χ3n) is 4.56. The van der Waals surface area contributed by atoms with Gasteiger partial charge in [0, 0.05) is 37.3 Å². The van der Waals surface area contributed by atoms with Crippen LogP contribution in [-0.2, 0) is 6.54 Å². The molecule has 27 heavy (non-hydrogen) atoms. The molecular formula is C21H25IN4S. The molecule has 1 unspecified atom stereocenters. The van der Waals surface area contributed by atoms with Gasteiger partial charge < -0.3 is 10.2 Å². The Morgan fingerprint density at radius 3 is 2.63 bits per heavy atom. The quantitative estimate of drug-likeness (QED) is 0.292. The SMILES string of the molecule is CN=C(NCc1ccc(C#N)cc1)N1CCC(CSc2ccccc2)C1.I. The highest BCUT2D eigenvalue weighted by atomic mass is 127. The molecule has 0 aliphatic carbocycles. The number of nitriles is 1. The number of nitrogens with one attached hydrogen (secondary N) is 1. The lowest BCUT2D eigenvalue weighted by Crippen LogP contribution is -2.39. The zero-order chi connectivity index (χ0) is 18.2. The van der Waals surface area contributed by atoms with Gasteiger partial charge in [0.25, 0.3) is 0 Å². The van der Waals surface area contributed by atoms with Crippen LogP contribution >= 0.6 is 35.7 Å². The maximum Gasteiger partial charge on any atom is 0.193 e. The summed E-state index contributed by atoms with van der Waals surface area (Å²) in [6.07, 6.45) is 1.21. The van der Waals surface area contributed by atoms with Crippen molar-refractivity contribution in [2.75, 3.05) is 25.9 Å². The molecule has 2 aromatic rings. The van der Waals surface area contributed by atoms with Gasteiger partial charge in [-0.2, -0.15) is 5.26 Å². The maximum absolute atomic E-state index is 8.88. The van der Waals surface area contributed by atoms with Gasteiger partial charge in [0.2, 0.25) is 0 Å². The predicted molar refractivity (Wildman–Crippen MR) is 124 cm³/mol. The molecule has 4 nitrogen and oxygen atoms in total. The Labute approximate surface area is 183 Å². The number of hydrogen-bond donors (Lipinski definition) is 1. The van der Waals surface area contributed by atoms with Crippen molar-refractivity contribution in [3.8, 4) is 6.07 Å². The first-order chi connectivity index (χ1) is 12.8. The Hall–Kier alpha value is -1.72. The fourth-order valence-corrected chi connectivity index (χ4v) is 4.15. The molecule has 1 atom stereocenters. The average Bonchev–Trinajstić information content (AvgIpc) is 3.17. The first-order valence-electron chi connectivity index (χ1n) is 8.91. The lowest BCUT2D eigenvalue weighted by molar-refractivity contribution is 0.474. The van der Waals surface area contributed by atoms with Crippen molar-refractivity contribution < 1.29 is 0 Å². The van der Waals surface area contributed by atoms with Crippen molar-refractivity contribution in [3.63, 3.8) is 0 Å². The highest BCUT2D eigenvalue weighted by Gasteiger charge is 2.24. The number of nitrogens with zero attached hydrogens (tertiary/aromatic N) is 3. The zero-order valence-electron chi connectivity index (χ0n) is 15.5. The lowest BCUT2D eigenvalue weighted by atomic mass is 10.1. The van der Waals surface area contributed by atoms with E-state index >= 15 is 0 Å². The third kappa shape index (κ3) is 6.43. The molecule has 142 valence electrons. The summed E-state index contributed by atoms with van der Waals surface area (Å²) in [5, 5.41) is 12.3. The number of guanidine groups is 1. The number of likely N-dealkylation sites (tertiary alicyclic amines) is 1. The van der Waals surface area contributed by atoms with Crippen LogP contribution in [-0.4, -0.2) is 36.7 Å². The molecule has 1 heterocycles. The molecule has 0 bridgehead atoms. The van der Waals surface area contributed by atoms with E-state index in [0.717, 1.165) is 36.9 Å². The van der Waals surface area contributed by atoms with Crippen LogP contribution in [0, 0.1) is 17.2 Å². The highest BCUT2D eigenvalue weighted by Crippen LogP contribution is 2.25. The van der Waals surface area contributed by atoms with Gasteiger partial charge >= 0.3 is 0 Å². The summed E-state index contributed by atoms with van der Waals surface area (Å²) in [7, 11) is 1.84. The minimum absolute atomic E-state index is 0. The lowest BCUT2D eigenvalue weighted by Gasteiger charge is -2.21. The minimum atomic E-state index is 0. The monoisotopic (exact) mass is 492 g/mol. The van der Waals surface area contributed by atoms with Gasteiger partial charge in [0.15, 0.2) is 5.96 Å². The van der Waals surface area contributed by atoms with Crippen molar-refractivity contribution in [3.05, 3.63) is 65.7 Å². The molecule has 0 amide bonds. The van der Waals surface area contributed by atoms with Gasteiger partial charge in [0.1, 0.15) is 0 Å². The Morgan fingerprint density at radius 1 is 1.22 bits per heavy atom. The number of aliphatic imine (C=N–C) groups is 1. The second-order valence-electron chi connectivity index (χ2n) is 6.43. The van der Waals surface area contributed by atoms with Gasteiger partial charge in [-0.1, -0.05) is 30.3 Å². The predicted octanol–water partition coefficient (Wildman–Crippen LogP) is 4.37. The number of rotatable bonds is 5. The minimum Gasteiger partial charge on any atom is -0.352 e. The van der Waals surface area contributed by atoms with Crippen molar-refractivity contribution in [2.24, 2.45) is 10.9 Å². The van der Waals surface area contributed by atoms with Crippen molar-refractivity contribution in [1.82, 2.24) is 10.2 Å². The summed E-state index contributed by atoms with van der Waals surface area (Å²) in [5.41, 5.74) is 1.84. The summed E-state index contributed by atoms with van der Waals surface area (Å²) in [4.78, 5) is 8.13. The first-order valence-corrected chi connectivity index (χ1v) is 9.89. The number of halogens is 1. The summed E-state index contributed by atoms with van der Waals surface area (Å²) in [6, 6.07) is 20.4. The van der Waals surface area contributed by atoms with E-state index in [1.54, 1.807) is 0 Å². The molecule has 0 spiro atoms. The third-order valence-corrected chi connectivity index (χ3v) is 5.80. The Balaban J connectivity index is 0.00000261. The van der Waals surface area contributed by atoms with Crippen LogP contribution < -0.4 is 5.32 Å². The van der Waals surface area contributed by atoms with Crippen molar-refractivity contribution in [2.45, 2.75) is 17.9 Å². The average molecular weight is 492 g/mol. The maximum atomic E-state index is 8.88. The summed E-state index contributed by atoms with van der Waals surface area (Å²) in [5.74, 6) is 2.79.